The number of hydrogen-bond acceptors (Lipinski definition) is 2. The fraction of sp³-hybridized carbons (Fsp3) is 0.750. The van der Waals surface area contributed by atoms with E-state index in [1.54, 1.807) is 0 Å². The summed E-state index contributed by atoms with van der Waals surface area (Å²) in [5.41, 5.74) is 0. The highest BCUT2D eigenvalue weighted by Gasteiger charge is 2.07. The standard InChI is InChI=1S/C8H14O4/c1-6(2-4-7(9)10)3-5-8(11)12/h6H,2-5H2,1H3,(H,9,10)(H,11,12). The Kier molecular flexibility index (Phi) is 5.08. The van der Waals surface area contributed by atoms with Crippen molar-refractivity contribution in [2.45, 2.75) is 32.6 Å². The van der Waals surface area contributed by atoms with Crippen LogP contribution in [-0.2, 0) is 9.59 Å². The number of carboxylic acid groups (broad SMARTS) is 2. The number of rotatable bonds is 6. The lowest BCUT2D eigenvalue weighted by atomic mass is 10.00. The molecule has 0 radical (unpaired) electrons. The zero-order valence-corrected chi connectivity index (χ0v) is 7.12. The van der Waals surface area contributed by atoms with E-state index in [1.165, 1.54) is 0 Å². The summed E-state index contributed by atoms with van der Waals surface area (Å²) >= 11 is 0. The summed E-state index contributed by atoms with van der Waals surface area (Å²) in [7, 11) is 0. The molecule has 0 fully saturated rings. The molecule has 0 aromatic heterocycles. The Balaban J connectivity index is 3.39. The van der Waals surface area contributed by atoms with Crippen LogP contribution in [0.25, 0.3) is 0 Å². The molecule has 0 unspecified atom stereocenters. The van der Waals surface area contributed by atoms with Gasteiger partial charge in [-0.3, -0.25) is 9.59 Å². The van der Waals surface area contributed by atoms with Gasteiger partial charge in [0.2, 0.25) is 0 Å². The topological polar surface area (TPSA) is 74.6 Å². The molecule has 0 rings (SSSR count). The van der Waals surface area contributed by atoms with Crippen molar-refractivity contribution in [3.8, 4) is 0 Å². The monoisotopic (exact) mass is 174 g/mol. The largest absolute Gasteiger partial charge is 0.481 e. The Labute approximate surface area is 71.2 Å². The lowest BCUT2D eigenvalue weighted by Crippen LogP contribution is -2.04. The van der Waals surface area contributed by atoms with Gasteiger partial charge in [-0.15, -0.1) is 0 Å². The van der Waals surface area contributed by atoms with Crippen molar-refractivity contribution in [3.05, 3.63) is 0 Å². The van der Waals surface area contributed by atoms with E-state index in [-0.39, 0.29) is 18.8 Å². The van der Waals surface area contributed by atoms with E-state index in [0.29, 0.717) is 12.8 Å². The van der Waals surface area contributed by atoms with E-state index >= 15 is 0 Å². The molecule has 70 valence electrons. The molecule has 4 nitrogen and oxygen atoms in total. The van der Waals surface area contributed by atoms with Gasteiger partial charge in [-0.2, -0.15) is 0 Å². The van der Waals surface area contributed by atoms with Gasteiger partial charge in [-0.1, -0.05) is 6.92 Å². The molecule has 0 aromatic carbocycles. The SMILES string of the molecule is CC(CCC(=O)O)CCC(=O)O. The fourth-order valence-electron chi connectivity index (χ4n) is 0.884. The highest BCUT2D eigenvalue weighted by Crippen LogP contribution is 2.12. The summed E-state index contributed by atoms with van der Waals surface area (Å²) in [6, 6.07) is 0. The molecule has 0 aliphatic rings. The number of carboxylic acids is 2. The number of carbonyl (C=O) groups is 2. The predicted octanol–water partition coefficient (Wildman–Crippen LogP) is 1.35. The summed E-state index contributed by atoms with van der Waals surface area (Å²) in [6.45, 7) is 1.87. The third-order valence-electron chi connectivity index (χ3n) is 1.70. The Bertz CT molecular complexity index is 146. The van der Waals surface area contributed by atoms with Crippen molar-refractivity contribution >= 4 is 11.9 Å². The minimum atomic E-state index is -0.822. The van der Waals surface area contributed by atoms with E-state index in [4.69, 9.17) is 10.2 Å². The predicted molar refractivity (Wildman–Crippen MR) is 42.9 cm³/mol. The Morgan fingerprint density at radius 3 is 1.67 bits per heavy atom. The maximum atomic E-state index is 10.1. The molecule has 0 saturated heterocycles. The lowest BCUT2D eigenvalue weighted by molar-refractivity contribution is -0.137. The van der Waals surface area contributed by atoms with Crippen molar-refractivity contribution in [1.82, 2.24) is 0 Å². The molecule has 0 amide bonds. The van der Waals surface area contributed by atoms with E-state index in [2.05, 4.69) is 0 Å². The molecule has 2 N–H and O–H groups in total. The van der Waals surface area contributed by atoms with Crippen LogP contribution < -0.4 is 0 Å². The van der Waals surface area contributed by atoms with Crippen LogP contribution >= 0.6 is 0 Å². The van der Waals surface area contributed by atoms with Crippen molar-refractivity contribution in [2.75, 3.05) is 0 Å². The van der Waals surface area contributed by atoms with Gasteiger partial charge in [0.15, 0.2) is 0 Å². The maximum absolute atomic E-state index is 10.1. The lowest BCUT2D eigenvalue weighted by Gasteiger charge is -2.06. The van der Waals surface area contributed by atoms with Gasteiger partial charge in [0.25, 0.3) is 0 Å². The first-order valence-corrected chi connectivity index (χ1v) is 3.96. The molecular weight excluding hydrogens is 160 g/mol. The van der Waals surface area contributed by atoms with E-state index < -0.39 is 11.9 Å². The van der Waals surface area contributed by atoms with Crippen LogP contribution in [0.2, 0.25) is 0 Å². The van der Waals surface area contributed by atoms with Gasteiger partial charge in [-0.25, -0.2) is 0 Å². The van der Waals surface area contributed by atoms with Gasteiger partial charge >= 0.3 is 11.9 Å². The van der Waals surface area contributed by atoms with Crippen molar-refractivity contribution < 1.29 is 19.8 Å². The molecule has 0 atom stereocenters. The first kappa shape index (κ1) is 10.9. The number of hydrogen-bond donors (Lipinski definition) is 2. The molecular formula is C8H14O4. The van der Waals surface area contributed by atoms with E-state index in [9.17, 15) is 9.59 Å². The smallest absolute Gasteiger partial charge is 0.303 e. The summed E-state index contributed by atoms with van der Waals surface area (Å²) in [6.07, 6.45) is 1.37. The third kappa shape index (κ3) is 7.05. The first-order valence-electron chi connectivity index (χ1n) is 3.96. The van der Waals surface area contributed by atoms with Crippen LogP contribution in [0.15, 0.2) is 0 Å². The van der Waals surface area contributed by atoms with Gasteiger partial charge in [0, 0.05) is 12.8 Å². The van der Waals surface area contributed by atoms with Crippen LogP contribution in [0.1, 0.15) is 32.6 Å². The van der Waals surface area contributed by atoms with Crippen LogP contribution in [0.5, 0.6) is 0 Å². The summed E-state index contributed by atoms with van der Waals surface area (Å²) in [4.78, 5) is 20.3. The van der Waals surface area contributed by atoms with Gasteiger partial charge in [0.05, 0.1) is 0 Å². The van der Waals surface area contributed by atoms with Crippen LogP contribution in [0.3, 0.4) is 0 Å². The summed E-state index contributed by atoms with van der Waals surface area (Å²) in [5, 5.41) is 16.6. The van der Waals surface area contributed by atoms with Crippen molar-refractivity contribution in [2.24, 2.45) is 5.92 Å². The number of aliphatic carboxylic acids is 2. The second kappa shape index (κ2) is 5.57. The summed E-state index contributed by atoms with van der Waals surface area (Å²) < 4.78 is 0. The molecule has 0 bridgehead atoms. The molecule has 0 aromatic rings. The van der Waals surface area contributed by atoms with Gasteiger partial charge < -0.3 is 10.2 Å². The Hall–Kier alpha value is -1.06. The van der Waals surface area contributed by atoms with Crippen LogP contribution in [0.4, 0.5) is 0 Å². The molecule has 0 aliphatic carbocycles. The summed E-state index contributed by atoms with van der Waals surface area (Å²) in [5.74, 6) is -1.47. The van der Waals surface area contributed by atoms with Gasteiger partial charge in [-0.05, 0) is 18.8 Å². The molecule has 4 heteroatoms. The minimum Gasteiger partial charge on any atom is -0.481 e. The second-order valence-corrected chi connectivity index (χ2v) is 2.97. The molecule has 0 aliphatic heterocycles. The zero-order valence-electron chi connectivity index (χ0n) is 7.12. The van der Waals surface area contributed by atoms with E-state index in [0.717, 1.165) is 0 Å². The molecule has 0 saturated carbocycles. The average Bonchev–Trinajstić information content (AvgIpc) is 1.96. The van der Waals surface area contributed by atoms with E-state index in [1.807, 2.05) is 6.92 Å². The first-order chi connectivity index (χ1) is 5.52. The quantitative estimate of drug-likeness (QED) is 0.637. The Morgan fingerprint density at radius 1 is 1.08 bits per heavy atom. The maximum Gasteiger partial charge on any atom is 0.303 e. The Morgan fingerprint density at radius 2 is 1.42 bits per heavy atom. The molecule has 0 heterocycles. The highest BCUT2D eigenvalue weighted by molar-refractivity contribution is 5.67. The van der Waals surface area contributed by atoms with Crippen molar-refractivity contribution in [3.63, 3.8) is 0 Å². The van der Waals surface area contributed by atoms with Crippen LogP contribution in [-0.4, -0.2) is 22.2 Å². The van der Waals surface area contributed by atoms with Crippen molar-refractivity contribution in [1.29, 1.82) is 0 Å². The van der Waals surface area contributed by atoms with Gasteiger partial charge in [0.1, 0.15) is 0 Å². The average molecular weight is 174 g/mol. The second-order valence-electron chi connectivity index (χ2n) is 2.97. The third-order valence-corrected chi connectivity index (χ3v) is 1.70. The fourth-order valence-corrected chi connectivity index (χ4v) is 0.884. The van der Waals surface area contributed by atoms with Crippen LogP contribution in [0, 0.1) is 5.92 Å². The minimum absolute atomic E-state index is 0.126. The highest BCUT2D eigenvalue weighted by atomic mass is 16.4. The normalized spacial score (nSPS) is 10.2. The zero-order chi connectivity index (χ0) is 9.56. The molecule has 0 spiro atoms. The molecule has 12 heavy (non-hydrogen) atoms.